The van der Waals surface area contributed by atoms with Gasteiger partial charge in [-0.05, 0) is 20.5 Å². The van der Waals surface area contributed by atoms with Crippen molar-refractivity contribution in [3.8, 4) is 0 Å². The van der Waals surface area contributed by atoms with Gasteiger partial charge in [0.25, 0.3) is 0 Å². The fourth-order valence-corrected chi connectivity index (χ4v) is 1.21. The van der Waals surface area contributed by atoms with E-state index in [2.05, 4.69) is 5.32 Å². The van der Waals surface area contributed by atoms with Gasteiger partial charge in [-0.15, -0.1) is 0 Å². The van der Waals surface area contributed by atoms with Crippen molar-refractivity contribution in [3.63, 3.8) is 0 Å². The van der Waals surface area contributed by atoms with Crippen LogP contribution >= 0.6 is 0 Å². The summed E-state index contributed by atoms with van der Waals surface area (Å²) in [6.07, 6.45) is -1.31. The Balaban J connectivity index is 0. The minimum atomic E-state index is -6.07. The first kappa shape index (κ1) is 18.9. The quantitative estimate of drug-likeness (QED) is 0.599. The lowest BCUT2D eigenvalue weighted by Gasteiger charge is -2.23. The molecule has 0 aromatic carbocycles. The lowest BCUT2D eigenvalue weighted by atomic mass is 10.1. The van der Waals surface area contributed by atoms with Gasteiger partial charge in [-0.1, -0.05) is 13.3 Å². The van der Waals surface area contributed by atoms with Crippen molar-refractivity contribution in [1.82, 2.24) is 5.32 Å². The van der Waals surface area contributed by atoms with Gasteiger partial charge in [0.2, 0.25) is 0 Å². The molecule has 0 rings (SSSR count). The van der Waals surface area contributed by atoms with Crippen molar-refractivity contribution >= 4 is 10.1 Å². The van der Waals surface area contributed by atoms with Gasteiger partial charge in [-0.3, -0.25) is 4.55 Å². The summed E-state index contributed by atoms with van der Waals surface area (Å²) in [5.41, 5.74) is 0. The van der Waals surface area contributed by atoms with E-state index in [4.69, 9.17) is 4.55 Å². The van der Waals surface area contributed by atoms with Crippen molar-refractivity contribution in [2.24, 2.45) is 0 Å². The molecule has 0 saturated carbocycles. The number of rotatable bonds is 5. The van der Waals surface area contributed by atoms with Crippen molar-refractivity contribution in [2.45, 2.75) is 37.4 Å². The number of nitrogens with one attached hydrogen (secondary N) is 1. The molecule has 0 heterocycles. The molecule has 0 aromatic rings. The molecule has 0 aromatic heterocycles. The lowest BCUT2D eigenvalue weighted by molar-refractivity contribution is -0.164. The van der Waals surface area contributed by atoms with Crippen molar-refractivity contribution in [1.29, 1.82) is 0 Å². The molecule has 0 aliphatic carbocycles. The SMILES string of the molecule is CCCCC(F)(F)C(F)(F)S(=O)(=O)O.CNC. The van der Waals surface area contributed by atoms with Crippen LogP contribution < -0.4 is 5.32 Å². The molecular weight excluding hydrogens is 266 g/mol. The zero-order chi connectivity index (χ0) is 14.3. The minimum absolute atomic E-state index is 0.219. The van der Waals surface area contributed by atoms with Crippen LogP contribution in [0.25, 0.3) is 0 Å². The standard InChI is InChI=1S/C6H10F4O3S.C2H7N/c1-2-3-4-5(7,8)6(9,10)14(11,12)13;1-3-2/h2-4H2,1H3,(H,11,12,13);3H,1-2H3. The summed E-state index contributed by atoms with van der Waals surface area (Å²) < 4.78 is 78.0. The Bertz CT molecular complexity index is 306. The number of unbranched alkanes of at least 4 members (excludes halogenated alkanes) is 1. The highest BCUT2D eigenvalue weighted by molar-refractivity contribution is 7.87. The molecule has 0 fully saturated rings. The number of hydrogen-bond acceptors (Lipinski definition) is 3. The molecule has 17 heavy (non-hydrogen) atoms. The zero-order valence-corrected chi connectivity index (χ0v) is 10.6. The Morgan fingerprint density at radius 2 is 1.53 bits per heavy atom. The first-order valence-corrected chi connectivity index (χ1v) is 6.23. The molecule has 106 valence electrons. The molecule has 2 N–H and O–H groups in total. The highest BCUT2D eigenvalue weighted by atomic mass is 32.2. The Labute approximate surface area is 98.1 Å². The second kappa shape index (κ2) is 7.12. The Hall–Kier alpha value is -0.410. The van der Waals surface area contributed by atoms with Crippen LogP contribution in [-0.4, -0.2) is 38.2 Å². The van der Waals surface area contributed by atoms with E-state index in [1.807, 2.05) is 14.1 Å². The van der Waals surface area contributed by atoms with E-state index in [1.165, 1.54) is 6.92 Å². The summed E-state index contributed by atoms with van der Waals surface area (Å²) in [5, 5.41) is -2.67. The average Bonchev–Trinajstić information content (AvgIpc) is 2.14. The molecule has 4 nitrogen and oxygen atoms in total. The van der Waals surface area contributed by atoms with E-state index in [0.717, 1.165) is 0 Å². The van der Waals surface area contributed by atoms with Crippen LogP contribution in [0.15, 0.2) is 0 Å². The van der Waals surface area contributed by atoms with Gasteiger partial charge in [-0.2, -0.15) is 26.0 Å². The van der Waals surface area contributed by atoms with E-state index in [-0.39, 0.29) is 12.8 Å². The third-order valence-corrected chi connectivity index (χ3v) is 2.54. The van der Waals surface area contributed by atoms with Gasteiger partial charge >= 0.3 is 21.3 Å². The molecule has 0 amide bonds. The first-order chi connectivity index (χ1) is 7.47. The van der Waals surface area contributed by atoms with Crippen molar-refractivity contribution in [2.75, 3.05) is 14.1 Å². The van der Waals surface area contributed by atoms with Gasteiger partial charge in [0.1, 0.15) is 0 Å². The fraction of sp³-hybridized carbons (Fsp3) is 1.00. The van der Waals surface area contributed by atoms with Crippen LogP contribution in [0, 0.1) is 0 Å². The van der Waals surface area contributed by atoms with E-state index in [0.29, 0.717) is 0 Å². The highest BCUT2D eigenvalue weighted by Gasteiger charge is 2.64. The van der Waals surface area contributed by atoms with E-state index in [9.17, 15) is 26.0 Å². The first-order valence-electron chi connectivity index (χ1n) is 4.79. The predicted octanol–water partition coefficient (Wildman–Crippen LogP) is 2.13. The van der Waals surface area contributed by atoms with Crippen molar-refractivity contribution in [3.05, 3.63) is 0 Å². The Morgan fingerprint density at radius 3 is 1.76 bits per heavy atom. The largest absolute Gasteiger partial charge is 0.431 e. The topological polar surface area (TPSA) is 66.4 Å². The van der Waals surface area contributed by atoms with Crippen molar-refractivity contribution < 1.29 is 30.5 Å². The second-order valence-corrected chi connectivity index (χ2v) is 4.76. The monoisotopic (exact) mass is 283 g/mol. The molecule has 9 heteroatoms. The zero-order valence-electron chi connectivity index (χ0n) is 9.81. The van der Waals surface area contributed by atoms with E-state index >= 15 is 0 Å². The molecule has 0 aliphatic rings. The Morgan fingerprint density at radius 1 is 1.18 bits per heavy atom. The van der Waals surface area contributed by atoms with Crippen LogP contribution in [0.1, 0.15) is 26.2 Å². The highest BCUT2D eigenvalue weighted by Crippen LogP contribution is 2.41. The van der Waals surface area contributed by atoms with Gasteiger partial charge in [0, 0.05) is 6.42 Å². The van der Waals surface area contributed by atoms with Gasteiger partial charge in [0.15, 0.2) is 0 Å². The smallest absolute Gasteiger partial charge is 0.323 e. The molecule has 0 aliphatic heterocycles. The van der Waals surface area contributed by atoms with Crippen LogP contribution in [-0.2, 0) is 10.1 Å². The molecule has 0 atom stereocenters. The molecule has 0 radical (unpaired) electrons. The summed E-state index contributed by atoms with van der Waals surface area (Å²) in [4.78, 5) is 0. The van der Waals surface area contributed by atoms with Crippen LogP contribution in [0.4, 0.5) is 17.6 Å². The average molecular weight is 283 g/mol. The molecular formula is C8H17F4NO3S. The maximum atomic E-state index is 12.6. The van der Waals surface area contributed by atoms with E-state index < -0.39 is 27.7 Å². The number of hydrogen-bond donors (Lipinski definition) is 2. The maximum absolute atomic E-state index is 12.6. The molecule has 0 saturated heterocycles. The van der Waals surface area contributed by atoms with Crippen LogP contribution in [0.3, 0.4) is 0 Å². The van der Waals surface area contributed by atoms with Crippen LogP contribution in [0.2, 0.25) is 0 Å². The summed E-state index contributed by atoms with van der Waals surface area (Å²) in [7, 11) is -2.32. The molecule has 0 bridgehead atoms. The maximum Gasteiger partial charge on any atom is 0.431 e. The predicted molar refractivity (Wildman–Crippen MR) is 56.0 cm³/mol. The van der Waals surface area contributed by atoms with Crippen LogP contribution in [0.5, 0.6) is 0 Å². The minimum Gasteiger partial charge on any atom is -0.323 e. The summed E-state index contributed by atoms with van der Waals surface area (Å²) in [5.74, 6) is -4.74. The van der Waals surface area contributed by atoms with Gasteiger partial charge in [0.05, 0.1) is 0 Å². The fourth-order valence-electron chi connectivity index (χ4n) is 0.733. The molecule has 0 unspecified atom stereocenters. The summed E-state index contributed by atoms with van der Waals surface area (Å²) in [6.45, 7) is 1.49. The van der Waals surface area contributed by atoms with Gasteiger partial charge < -0.3 is 5.32 Å². The second-order valence-electron chi connectivity index (χ2n) is 3.30. The summed E-state index contributed by atoms with van der Waals surface area (Å²) in [6, 6.07) is 0. The number of halogens is 4. The third kappa shape index (κ3) is 5.64. The summed E-state index contributed by atoms with van der Waals surface area (Å²) >= 11 is 0. The van der Waals surface area contributed by atoms with Gasteiger partial charge in [-0.25, -0.2) is 0 Å². The Kier molecular flexibility index (Phi) is 7.93. The molecule has 0 spiro atoms. The lowest BCUT2D eigenvalue weighted by Crippen LogP contribution is -2.46. The van der Waals surface area contributed by atoms with E-state index in [1.54, 1.807) is 0 Å². The third-order valence-electron chi connectivity index (χ3n) is 1.59. The normalized spacial score (nSPS) is 12.9. The number of alkyl halides is 4.